The molecule has 1 amide bonds. The molecule has 0 radical (unpaired) electrons. The first kappa shape index (κ1) is 51.3. The molecule has 0 spiro atoms. The largest absolute Gasteiger partial charge is 0.462 e. The minimum absolute atomic E-state index is 0.0663. The van der Waals surface area contributed by atoms with E-state index < -0.39 is 18.2 Å². The second-order valence-corrected chi connectivity index (χ2v) is 15.8. The van der Waals surface area contributed by atoms with E-state index >= 15 is 0 Å². The highest BCUT2D eigenvalue weighted by Gasteiger charge is 2.24. The number of esters is 1. The average molecular weight is 748 g/mol. The molecular weight excluding hydrogens is 659 g/mol. The van der Waals surface area contributed by atoms with Gasteiger partial charge in [-0.05, 0) is 77.0 Å². The third-order valence-corrected chi connectivity index (χ3v) is 10.5. The predicted octanol–water partition coefficient (Wildman–Crippen LogP) is 13.2. The lowest BCUT2D eigenvalue weighted by molar-refractivity contribution is -0.151. The van der Waals surface area contributed by atoms with E-state index in [0.29, 0.717) is 19.3 Å². The number of carbonyl (C=O) groups is 2. The topological polar surface area (TPSA) is 95.9 Å². The van der Waals surface area contributed by atoms with Crippen LogP contribution < -0.4 is 5.32 Å². The van der Waals surface area contributed by atoms with Crippen molar-refractivity contribution in [1.29, 1.82) is 0 Å². The van der Waals surface area contributed by atoms with Crippen LogP contribution in [0.1, 0.15) is 239 Å². The third kappa shape index (κ3) is 37.1. The van der Waals surface area contributed by atoms with Crippen molar-refractivity contribution >= 4 is 11.9 Å². The fourth-order valence-corrected chi connectivity index (χ4v) is 6.95. The first-order valence-electron chi connectivity index (χ1n) is 23.1. The summed E-state index contributed by atoms with van der Waals surface area (Å²) in [6, 6.07) is -0.702. The number of allylic oxidation sites excluding steroid dienone is 4. The molecule has 3 N–H and O–H groups in total. The quantitative estimate of drug-likeness (QED) is 0.0329. The van der Waals surface area contributed by atoms with Crippen molar-refractivity contribution in [3.8, 4) is 0 Å². The van der Waals surface area contributed by atoms with E-state index in [4.69, 9.17) is 4.74 Å². The summed E-state index contributed by atoms with van der Waals surface area (Å²) in [4.78, 5) is 25.9. The molecule has 0 heterocycles. The number of nitrogens with one attached hydrogen (secondary N) is 1. The maximum absolute atomic E-state index is 13.1. The molecule has 0 aliphatic rings. The Hall–Kier alpha value is -1.66. The Morgan fingerprint density at radius 3 is 1.40 bits per heavy atom. The zero-order valence-corrected chi connectivity index (χ0v) is 35.4. The van der Waals surface area contributed by atoms with Gasteiger partial charge in [-0.25, -0.2) is 0 Å². The van der Waals surface area contributed by atoms with Crippen LogP contribution in [0.5, 0.6) is 0 Å². The van der Waals surface area contributed by atoms with Gasteiger partial charge in [-0.1, -0.05) is 173 Å². The number of aliphatic hydroxyl groups is 2. The molecular formula is C47H89NO5. The minimum atomic E-state index is -0.787. The number of hydrogen-bond acceptors (Lipinski definition) is 5. The SMILES string of the molecule is CCCCC/C=C\CCCCCCCC(=O)OC(CCCCC/C=C\CCCCC)CC(=O)NC(CO)C(O)CCCCCCCCCCCCCC. The molecule has 6 heteroatoms. The Bertz CT molecular complexity index is 843. The van der Waals surface area contributed by atoms with Gasteiger partial charge in [0, 0.05) is 6.42 Å². The van der Waals surface area contributed by atoms with E-state index in [9.17, 15) is 19.8 Å². The summed E-state index contributed by atoms with van der Waals surface area (Å²) in [5.74, 6) is -0.497. The van der Waals surface area contributed by atoms with E-state index in [0.717, 1.165) is 77.0 Å². The Morgan fingerprint density at radius 2 is 0.906 bits per heavy atom. The van der Waals surface area contributed by atoms with E-state index in [1.165, 1.54) is 116 Å². The summed E-state index contributed by atoms with van der Waals surface area (Å²) < 4.78 is 5.88. The highest BCUT2D eigenvalue weighted by atomic mass is 16.5. The molecule has 312 valence electrons. The third-order valence-electron chi connectivity index (χ3n) is 10.5. The predicted molar refractivity (Wildman–Crippen MR) is 227 cm³/mol. The average Bonchev–Trinajstić information content (AvgIpc) is 3.15. The van der Waals surface area contributed by atoms with Crippen LogP contribution in [-0.2, 0) is 14.3 Å². The van der Waals surface area contributed by atoms with Gasteiger partial charge in [0.2, 0.25) is 5.91 Å². The number of hydrogen-bond donors (Lipinski definition) is 3. The Labute approximate surface area is 329 Å². The van der Waals surface area contributed by atoms with Crippen LogP contribution in [0.2, 0.25) is 0 Å². The van der Waals surface area contributed by atoms with Crippen LogP contribution in [-0.4, -0.2) is 46.9 Å². The Balaban J connectivity index is 4.57. The molecule has 0 fully saturated rings. The molecule has 0 aliphatic heterocycles. The highest BCUT2D eigenvalue weighted by Crippen LogP contribution is 2.17. The maximum Gasteiger partial charge on any atom is 0.306 e. The zero-order valence-electron chi connectivity index (χ0n) is 35.4. The number of carbonyl (C=O) groups excluding carboxylic acids is 2. The molecule has 0 aromatic rings. The lowest BCUT2D eigenvalue weighted by Crippen LogP contribution is -2.46. The number of unbranched alkanes of at least 4 members (excludes halogenated alkanes) is 25. The zero-order chi connectivity index (χ0) is 38.9. The number of rotatable bonds is 41. The lowest BCUT2D eigenvalue weighted by atomic mass is 10.0. The molecule has 0 aromatic heterocycles. The summed E-state index contributed by atoms with van der Waals surface area (Å²) in [6.45, 7) is 6.41. The second kappa shape index (κ2) is 41.5. The first-order valence-corrected chi connectivity index (χ1v) is 23.1. The molecule has 0 bridgehead atoms. The Morgan fingerprint density at radius 1 is 0.528 bits per heavy atom. The molecule has 0 saturated carbocycles. The van der Waals surface area contributed by atoms with Gasteiger partial charge in [-0.15, -0.1) is 0 Å². The number of amides is 1. The summed E-state index contributed by atoms with van der Waals surface area (Å²) in [7, 11) is 0. The van der Waals surface area contributed by atoms with Gasteiger partial charge in [-0.3, -0.25) is 9.59 Å². The van der Waals surface area contributed by atoms with Gasteiger partial charge < -0.3 is 20.3 Å². The Kier molecular flexibility index (Phi) is 40.2. The van der Waals surface area contributed by atoms with Crippen molar-refractivity contribution in [3.63, 3.8) is 0 Å². The fourth-order valence-electron chi connectivity index (χ4n) is 6.95. The maximum atomic E-state index is 13.1. The number of ether oxygens (including phenoxy) is 1. The van der Waals surface area contributed by atoms with Crippen molar-refractivity contribution in [2.75, 3.05) is 6.61 Å². The summed E-state index contributed by atoms with van der Waals surface area (Å²) in [5, 5.41) is 23.6. The van der Waals surface area contributed by atoms with Crippen molar-refractivity contribution in [2.45, 2.75) is 257 Å². The van der Waals surface area contributed by atoms with Crippen molar-refractivity contribution in [1.82, 2.24) is 5.32 Å². The summed E-state index contributed by atoms with van der Waals surface area (Å²) in [5.41, 5.74) is 0. The summed E-state index contributed by atoms with van der Waals surface area (Å²) in [6.07, 6.45) is 45.2. The molecule has 0 saturated heterocycles. The van der Waals surface area contributed by atoms with Crippen LogP contribution >= 0.6 is 0 Å². The molecule has 0 rings (SSSR count). The van der Waals surface area contributed by atoms with Gasteiger partial charge in [0.1, 0.15) is 6.10 Å². The molecule has 3 atom stereocenters. The summed E-state index contributed by atoms with van der Waals surface area (Å²) >= 11 is 0. The van der Waals surface area contributed by atoms with Crippen LogP contribution in [0.3, 0.4) is 0 Å². The number of aliphatic hydroxyl groups excluding tert-OH is 2. The second-order valence-electron chi connectivity index (χ2n) is 15.8. The fraction of sp³-hybridized carbons (Fsp3) is 0.872. The van der Waals surface area contributed by atoms with Crippen molar-refractivity contribution in [3.05, 3.63) is 24.3 Å². The standard InChI is InChI=1S/C47H89NO5/c1-4-7-10-13-16-19-22-24-27-30-33-36-39-45(50)44(42-49)48-46(51)41-43(38-35-32-29-26-21-18-15-12-9-6-3)53-47(52)40-37-34-31-28-25-23-20-17-14-11-8-5-2/h17-18,20-21,43-45,49-50H,4-16,19,22-42H2,1-3H3,(H,48,51)/b20-17-,21-18-. The normalized spacial score (nSPS) is 13.5. The van der Waals surface area contributed by atoms with E-state index in [-0.39, 0.29) is 24.9 Å². The van der Waals surface area contributed by atoms with Gasteiger partial charge >= 0.3 is 5.97 Å². The van der Waals surface area contributed by atoms with Crippen molar-refractivity contribution < 1.29 is 24.5 Å². The van der Waals surface area contributed by atoms with Crippen LogP contribution in [0.25, 0.3) is 0 Å². The molecule has 3 unspecified atom stereocenters. The van der Waals surface area contributed by atoms with Gasteiger partial charge in [-0.2, -0.15) is 0 Å². The smallest absolute Gasteiger partial charge is 0.306 e. The first-order chi connectivity index (χ1) is 26.0. The van der Waals surface area contributed by atoms with Crippen LogP contribution in [0.4, 0.5) is 0 Å². The van der Waals surface area contributed by atoms with E-state index in [2.05, 4.69) is 50.4 Å². The van der Waals surface area contributed by atoms with Crippen molar-refractivity contribution in [2.24, 2.45) is 0 Å². The monoisotopic (exact) mass is 748 g/mol. The molecule has 0 aliphatic carbocycles. The molecule has 0 aromatic carbocycles. The molecule has 53 heavy (non-hydrogen) atoms. The highest BCUT2D eigenvalue weighted by molar-refractivity contribution is 5.77. The molecule has 6 nitrogen and oxygen atoms in total. The van der Waals surface area contributed by atoms with Gasteiger partial charge in [0.15, 0.2) is 0 Å². The van der Waals surface area contributed by atoms with E-state index in [1.54, 1.807) is 0 Å². The lowest BCUT2D eigenvalue weighted by Gasteiger charge is -2.24. The van der Waals surface area contributed by atoms with Gasteiger partial charge in [0.25, 0.3) is 0 Å². The van der Waals surface area contributed by atoms with E-state index in [1.807, 2.05) is 0 Å². The van der Waals surface area contributed by atoms with Gasteiger partial charge in [0.05, 0.1) is 25.2 Å². The minimum Gasteiger partial charge on any atom is -0.462 e. The van der Waals surface area contributed by atoms with Crippen LogP contribution in [0, 0.1) is 0 Å². The van der Waals surface area contributed by atoms with Crippen LogP contribution in [0.15, 0.2) is 24.3 Å².